The Balaban J connectivity index is 1.74. The molecular formula is C13H20N2. The van der Waals surface area contributed by atoms with Crippen molar-refractivity contribution in [3.8, 4) is 0 Å². The summed E-state index contributed by atoms with van der Waals surface area (Å²) in [7, 11) is 0. The molecule has 1 fully saturated rings. The predicted octanol–water partition coefficient (Wildman–Crippen LogP) is 2.67. The van der Waals surface area contributed by atoms with Crippen molar-refractivity contribution in [1.82, 2.24) is 10.3 Å². The van der Waals surface area contributed by atoms with Crippen LogP contribution in [0.5, 0.6) is 0 Å². The fourth-order valence-corrected chi connectivity index (χ4v) is 1.82. The molecule has 0 aromatic carbocycles. The Bertz CT molecular complexity index is 301. The standard InChI is InChI=1S/C13H20N2/c1-10-3-6-13(15-8-10)9-14-11(2)7-12-4-5-12/h3,6,8,11-12,14H,4-5,7,9H2,1-2H3. The van der Waals surface area contributed by atoms with Gasteiger partial charge in [0.2, 0.25) is 0 Å². The minimum Gasteiger partial charge on any atom is -0.309 e. The van der Waals surface area contributed by atoms with Gasteiger partial charge in [-0.2, -0.15) is 0 Å². The van der Waals surface area contributed by atoms with E-state index in [4.69, 9.17) is 0 Å². The second kappa shape index (κ2) is 4.75. The summed E-state index contributed by atoms with van der Waals surface area (Å²) >= 11 is 0. The lowest BCUT2D eigenvalue weighted by Gasteiger charge is -2.12. The van der Waals surface area contributed by atoms with Crippen LogP contribution in [0.4, 0.5) is 0 Å². The minimum atomic E-state index is 0.626. The van der Waals surface area contributed by atoms with Crippen molar-refractivity contribution in [2.24, 2.45) is 5.92 Å². The van der Waals surface area contributed by atoms with E-state index >= 15 is 0 Å². The van der Waals surface area contributed by atoms with Crippen LogP contribution in [0.25, 0.3) is 0 Å². The fourth-order valence-electron chi connectivity index (χ4n) is 1.82. The maximum atomic E-state index is 4.38. The lowest BCUT2D eigenvalue weighted by atomic mass is 10.1. The van der Waals surface area contributed by atoms with Gasteiger partial charge in [0.1, 0.15) is 0 Å². The molecule has 1 unspecified atom stereocenters. The summed E-state index contributed by atoms with van der Waals surface area (Å²) in [6.07, 6.45) is 6.14. The summed E-state index contributed by atoms with van der Waals surface area (Å²) < 4.78 is 0. The van der Waals surface area contributed by atoms with Gasteiger partial charge in [0, 0.05) is 18.8 Å². The molecule has 0 amide bonds. The number of nitrogens with one attached hydrogen (secondary N) is 1. The molecule has 0 saturated heterocycles. The number of aromatic nitrogens is 1. The van der Waals surface area contributed by atoms with E-state index in [0.29, 0.717) is 6.04 Å². The van der Waals surface area contributed by atoms with E-state index in [0.717, 1.165) is 18.2 Å². The van der Waals surface area contributed by atoms with Crippen molar-refractivity contribution >= 4 is 0 Å². The van der Waals surface area contributed by atoms with Gasteiger partial charge in [-0.1, -0.05) is 18.9 Å². The van der Waals surface area contributed by atoms with Crippen molar-refractivity contribution in [2.45, 2.75) is 45.7 Å². The molecular weight excluding hydrogens is 184 g/mol. The van der Waals surface area contributed by atoms with Crippen LogP contribution in [0.3, 0.4) is 0 Å². The maximum Gasteiger partial charge on any atom is 0.0541 e. The first kappa shape index (κ1) is 10.6. The van der Waals surface area contributed by atoms with E-state index in [9.17, 15) is 0 Å². The van der Waals surface area contributed by atoms with Crippen LogP contribution in [0.1, 0.15) is 37.4 Å². The van der Waals surface area contributed by atoms with Crippen molar-refractivity contribution < 1.29 is 0 Å². The van der Waals surface area contributed by atoms with E-state index in [1.807, 2.05) is 6.20 Å². The molecule has 1 aromatic rings. The Kier molecular flexibility index (Phi) is 3.37. The molecule has 1 atom stereocenters. The molecule has 0 spiro atoms. The highest BCUT2D eigenvalue weighted by Gasteiger charge is 2.23. The third-order valence-electron chi connectivity index (χ3n) is 2.99. The number of rotatable bonds is 5. The lowest BCUT2D eigenvalue weighted by Crippen LogP contribution is -2.26. The number of nitrogens with zero attached hydrogens (tertiary/aromatic N) is 1. The van der Waals surface area contributed by atoms with Crippen LogP contribution < -0.4 is 5.32 Å². The molecule has 2 rings (SSSR count). The lowest BCUT2D eigenvalue weighted by molar-refractivity contribution is 0.484. The van der Waals surface area contributed by atoms with Crippen LogP contribution in [-0.4, -0.2) is 11.0 Å². The second-order valence-electron chi connectivity index (χ2n) is 4.79. The molecule has 2 heteroatoms. The van der Waals surface area contributed by atoms with E-state index in [1.54, 1.807) is 0 Å². The number of pyridine rings is 1. The molecule has 1 aromatic heterocycles. The number of hydrogen-bond acceptors (Lipinski definition) is 2. The molecule has 1 aliphatic carbocycles. The molecule has 0 bridgehead atoms. The van der Waals surface area contributed by atoms with Gasteiger partial charge >= 0.3 is 0 Å². The molecule has 0 radical (unpaired) electrons. The quantitative estimate of drug-likeness (QED) is 0.797. The highest BCUT2D eigenvalue weighted by molar-refractivity contribution is 5.11. The van der Waals surface area contributed by atoms with Crippen LogP contribution in [0.2, 0.25) is 0 Å². The van der Waals surface area contributed by atoms with Crippen molar-refractivity contribution in [3.05, 3.63) is 29.6 Å². The van der Waals surface area contributed by atoms with Crippen molar-refractivity contribution in [1.29, 1.82) is 0 Å². The van der Waals surface area contributed by atoms with Gasteiger partial charge < -0.3 is 5.32 Å². The van der Waals surface area contributed by atoms with Crippen LogP contribution in [0, 0.1) is 12.8 Å². The monoisotopic (exact) mass is 204 g/mol. The molecule has 1 aliphatic rings. The zero-order valence-electron chi connectivity index (χ0n) is 9.66. The first-order valence-corrected chi connectivity index (χ1v) is 5.89. The van der Waals surface area contributed by atoms with Gasteiger partial charge in [-0.3, -0.25) is 4.98 Å². The van der Waals surface area contributed by atoms with Crippen LogP contribution in [-0.2, 0) is 6.54 Å². The van der Waals surface area contributed by atoms with E-state index in [1.165, 1.54) is 24.8 Å². The third kappa shape index (κ3) is 3.63. The Labute approximate surface area is 92.1 Å². The van der Waals surface area contributed by atoms with E-state index in [2.05, 4.69) is 36.3 Å². The average Bonchev–Trinajstić information content (AvgIpc) is 3.01. The largest absolute Gasteiger partial charge is 0.309 e. The zero-order valence-corrected chi connectivity index (χ0v) is 9.66. The summed E-state index contributed by atoms with van der Waals surface area (Å²) in [5.74, 6) is 0.999. The van der Waals surface area contributed by atoms with Crippen molar-refractivity contribution in [2.75, 3.05) is 0 Å². The predicted molar refractivity (Wildman–Crippen MR) is 62.6 cm³/mol. The van der Waals surface area contributed by atoms with Gasteiger partial charge in [0.25, 0.3) is 0 Å². The topological polar surface area (TPSA) is 24.9 Å². The van der Waals surface area contributed by atoms with Crippen LogP contribution in [0.15, 0.2) is 18.3 Å². The van der Waals surface area contributed by atoms with Crippen molar-refractivity contribution in [3.63, 3.8) is 0 Å². The van der Waals surface area contributed by atoms with Crippen LogP contribution >= 0.6 is 0 Å². The van der Waals surface area contributed by atoms with Gasteiger partial charge in [0.15, 0.2) is 0 Å². The Morgan fingerprint density at radius 3 is 2.87 bits per heavy atom. The maximum absolute atomic E-state index is 4.38. The average molecular weight is 204 g/mol. The minimum absolute atomic E-state index is 0.626. The Morgan fingerprint density at radius 2 is 2.27 bits per heavy atom. The molecule has 2 nitrogen and oxygen atoms in total. The van der Waals surface area contributed by atoms with Gasteiger partial charge in [-0.25, -0.2) is 0 Å². The molecule has 82 valence electrons. The molecule has 0 aliphatic heterocycles. The summed E-state index contributed by atoms with van der Waals surface area (Å²) in [6, 6.07) is 4.85. The van der Waals surface area contributed by atoms with Gasteiger partial charge in [-0.15, -0.1) is 0 Å². The van der Waals surface area contributed by atoms with E-state index in [-0.39, 0.29) is 0 Å². The summed E-state index contributed by atoms with van der Waals surface area (Å²) in [6.45, 7) is 5.24. The van der Waals surface area contributed by atoms with Gasteiger partial charge in [0.05, 0.1) is 5.69 Å². The first-order valence-electron chi connectivity index (χ1n) is 5.89. The molecule has 1 N–H and O–H groups in total. The summed E-state index contributed by atoms with van der Waals surface area (Å²) in [5, 5.41) is 3.53. The van der Waals surface area contributed by atoms with Gasteiger partial charge in [-0.05, 0) is 37.8 Å². The Hall–Kier alpha value is -0.890. The zero-order chi connectivity index (χ0) is 10.7. The third-order valence-corrected chi connectivity index (χ3v) is 2.99. The molecule has 1 saturated carbocycles. The number of aryl methyl sites for hydroxylation is 1. The second-order valence-corrected chi connectivity index (χ2v) is 4.79. The molecule has 1 heterocycles. The smallest absolute Gasteiger partial charge is 0.0541 e. The Morgan fingerprint density at radius 1 is 1.47 bits per heavy atom. The highest BCUT2D eigenvalue weighted by atomic mass is 14.9. The normalized spacial score (nSPS) is 17.7. The van der Waals surface area contributed by atoms with E-state index < -0.39 is 0 Å². The number of hydrogen-bond donors (Lipinski definition) is 1. The highest BCUT2D eigenvalue weighted by Crippen LogP contribution is 2.33. The summed E-state index contributed by atoms with van der Waals surface area (Å²) in [4.78, 5) is 4.38. The molecule has 15 heavy (non-hydrogen) atoms. The first-order chi connectivity index (χ1) is 7.24. The summed E-state index contributed by atoms with van der Waals surface area (Å²) in [5.41, 5.74) is 2.37. The fraction of sp³-hybridized carbons (Fsp3) is 0.615. The SMILES string of the molecule is Cc1ccc(CNC(C)CC2CC2)nc1.